The zero-order valence-corrected chi connectivity index (χ0v) is 16.5. The van der Waals surface area contributed by atoms with Crippen molar-refractivity contribution in [2.45, 2.75) is 20.5 Å². The summed E-state index contributed by atoms with van der Waals surface area (Å²) in [5.41, 5.74) is 4.12. The number of esters is 1. The molecule has 0 aliphatic carbocycles. The molecule has 0 saturated carbocycles. The normalized spacial score (nSPS) is 10.3. The van der Waals surface area contributed by atoms with Crippen molar-refractivity contribution in [3.63, 3.8) is 0 Å². The molecule has 0 aromatic heterocycles. The Hall–Kier alpha value is -3.60. The summed E-state index contributed by atoms with van der Waals surface area (Å²) in [6.45, 7) is 3.95. The molecule has 0 aliphatic rings. The number of ether oxygens (including phenoxy) is 2. The van der Waals surface area contributed by atoms with Gasteiger partial charge in [0.1, 0.15) is 12.4 Å². The molecular formula is C24H23NO4. The van der Waals surface area contributed by atoms with E-state index in [1.54, 1.807) is 24.3 Å². The smallest absolute Gasteiger partial charge is 0.338 e. The summed E-state index contributed by atoms with van der Waals surface area (Å²) >= 11 is 0. The Bertz CT molecular complexity index is 982. The lowest BCUT2D eigenvalue weighted by Gasteiger charge is -2.10. The van der Waals surface area contributed by atoms with Gasteiger partial charge in [0.2, 0.25) is 0 Å². The first-order valence-corrected chi connectivity index (χ1v) is 9.32. The van der Waals surface area contributed by atoms with Gasteiger partial charge in [-0.3, -0.25) is 4.79 Å². The number of amides is 1. The third-order valence-corrected chi connectivity index (χ3v) is 4.34. The summed E-state index contributed by atoms with van der Waals surface area (Å²) in [5.74, 6) is -0.288. The predicted molar refractivity (Wildman–Crippen MR) is 112 cm³/mol. The van der Waals surface area contributed by atoms with E-state index in [4.69, 9.17) is 9.47 Å². The van der Waals surface area contributed by atoms with Crippen molar-refractivity contribution in [3.8, 4) is 5.75 Å². The second-order valence-corrected chi connectivity index (χ2v) is 6.74. The highest BCUT2D eigenvalue weighted by molar-refractivity contribution is 5.96. The van der Waals surface area contributed by atoms with Gasteiger partial charge < -0.3 is 14.8 Å². The van der Waals surface area contributed by atoms with Crippen molar-refractivity contribution in [3.05, 3.63) is 95.1 Å². The SMILES string of the molecule is Cc1ccc(C)c(NC(=O)COC(=O)c2ccc(OCc3ccccc3)cc2)c1. The number of carbonyl (C=O) groups excluding carboxylic acids is 2. The molecule has 0 atom stereocenters. The number of carbonyl (C=O) groups is 2. The molecule has 1 N–H and O–H groups in total. The fourth-order valence-electron chi connectivity index (χ4n) is 2.70. The second kappa shape index (κ2) is 9.55. The van der Waals surface area contributed by atoms with Crippen molar-refractivity contribution >= 4 is 17.6 Å². The molecule has 29 heavy (non-hydrogen) atoms. The predicted octanol–water partition coefficient (Wildman–Crippen LogP) is 4.68. The number of anilines is 1. The van der Waals surface area contributed by atoms with E-state index in [0.29, 0.717) is 23.6 Å². The number of aryl methyl sites for hydroxylation is 2. The molecule has 0 saturated heterocycles. The lowest BCUT2D eigenvalue weighted by atomic mass is 10.1. The second-order valence-electron chi connectivity index (χ2n) is 6.74. The van der Waals surface area contributed by atoms with Crippen LogP contribution in [0.4, 0.5) is 5.69 Å². The van der Waals surface area contributed by atoms with Crippen LogP contribution in [0, 0.1) is 13.8 Å². The molecule has 5 nitrogen and oxygen atoms in total. The average Bonchev–Trinajstić information content (AvgIpc) is 2.74. The molecule has 0 aliphatic heterocycles. The maximum atomic E-state index is 12.2. The van der Waals surface area contributed by atoms with Crippen LogP contribution in [0.2, 0.25) is 0 Å². The van der Waals surface area contributed by atoms with Gasteiger partial charge in [-0.25, -0.2) is 4.79 Å². The molecule has 0 heterocycles. The summed E-state index contributed by atoms with van der Waals surface area (Å²) in [7, 11) is 0. The minimum atomic E-state index is -0.560. The van der Waals surface area contributed by atoms with Gasteiger partial charge in [0.05, 0.1) is 5.56 Å². The average molecular weight is 389 g/mol. The van der Waals surface area contributed by atoms with E-state index in [0.717, 1.165) is 16.7 Å². The summed E-state index contributed by atoms with van der Waals surface area (Å²) in [6, 6.07) is 22.2. The quantitative estimate of drug-likeness (QED) is 0.596. The van der Waals surface area contributed by atoms with Crippen molar-refractivity contribution in [2.75, 3.05) is 11.9 Å². The van der Waals surface area contributed by atoms with E-state index in [-0.39, 0.29) is 12.5 Å². The zero-order chi connectivity index (χ0) is 20.6. The van der Waals surface area contributed by atoms with Gasteiger partial charge >= 0.3 is 5.97 Å². The fourth-order valence-corrected chi connectivity index (χ4v) is 2.70. The van der Waals surface area contributed by atoms with E-state index >= 15 is 0 Å². The largest absolute Gasteiger partial charge is 0.489 e. The van der Waals surface area contributed by atoms with Crippen molar-refractivity contribution in [1.82, 2.24) is 0 Å². The highest BCUT2D eigenvalue weighted by Gasteiger charge is 2.11. The van der Waals surface area contributed by atoms with Crippen LogP contribution in [0.1, 0.15) is 27.0 Å². The van der Waals surface area contributed by atoms with Crippen LogP contribution in [0.15, 0.2) is 72.8 Å². The fraction of sp³-hybridized carbons (Fsp3) is 0.167. The van der Waals surface area contributed by atoms with E-state index in [9.17, 15) is 9.59 Å². The van der Waals surface area contributed by atoms with Gasteiger partial charge in [-0.1, -0.05) is 42.5 Å². The van der Waals surface area contributed by atoms with Gasteiger partial charge in [0, 0.05) is 5.69 Å². The molecule has 0 spiro atoms. The van der Waals surface area contributed by atoms with Crippen molar-refractivity contribution in [2.24, 2.45) is 0 Å². The Labute approximate surface area is 170 Å². The maximum absolute atomic E-state index is 12.2. The number of rotatable bonds is 7. The number of hydrogen-bond acceptors (Lipinski definition) is 4. The van der Waals surface area contributed by atoms with Crippen LogP contribution in [0.3, 0.4) is 0 Å². The Kier molecular flexibility index (Phi) is 6.63. The lowest BCUT2D eigenvalue weighted by molar-refractivity contribution is -0.119. The van der Waals surface area contributed by atoms with Gasteiger partial charge in [-0.2, -0.15) is 0 Å². The highest BCUT2D eigenvalue weighted by atomic mass is 16.5. The first-order valence-electron chi connectivity index (χ1n) is 9.32. The molecule has 5 heteroatoms. The summed E-state index contributed by atoms with van der Waals surface area (Å²) in [4.78, 5) is 24.2. The molecule has 148 valence electrons. The maximum Gasteiger partial charge on any atom is 0.338 e. The van der Waals surface area contributed by atoms with E-state index < -0.39 is 5.97 Å². The Morgan fingerprint density at radius 3 is 2.34 bits per heavy atom. The van der Waals surface area contributed by atoms with Crippen LogP contribution in [0.25, 0.3) is 0 Å². The van der Waals surface area contributed by atoms with Gasteiger partial charge in [-0.15, -0.1) is 0 Å². The minimum Gasteiger partial charge on any atom is -0.489 e. The van der Waals surface area contributed by atoms with E-state index in [1.807, 2.05) is 62.4 Å². The van der Waals surface area contributed by atoms with Crippen LogP contribution in [0.5, 0.6) is 5.75 Å². The molecule has 3 aromatic rings. The van der Waals surface area contributed by atoms with Crippen LogP contribution < -0.4 is 10.1 Å². The van der Waals surface area contributed by atoms with E-state index in [2.05, 4.69) is 5.32 Å². The topological polar surface area (TPSA) is 64.6 Å². The molecule has 0 radical (unpaired) electrons. The first-order chi connectivity index (χ1) is 14.0. The van der Waals surface area contributed by atoms with Crippen molar-refractivity contribution in [1.29, 1.82) is 0 Å². The highest BCUT2D eigenvalue weighted by Crippen LogP contribution is 2.17. The first kappa shape index (κ1) is 20.1. The number of nitrogens with one attached hydrogen (secondary N) is 1. The minimum absolute atomic E-state index is 0.349. The molecule has 0 bridgehead atoms. The van der Waals surface area contributed by atoms with Crippen LogP contribution >= 0.6 is 0 Å². The zero-order valence-electron chi connectivity index (χ0n) is 16.5. The Morgan fingerprint density at radius 2 is 1.62 bits per heavy atom. The number of hydrogen-bond donors (Lipinski definition) is 1. The Morgan fingerprint density at radius 1 is 0.897 bits per heavy atom. The monoisotopic (exact) mass is 389 g/mol. The van der Waals surface area contributed by atoms with Gasteiger partial charge in [0.15, 0.2) is 6.61 Å². The molecular weight excluding hydrogens is 366 g/mol. The molecule has 3 rings (SSSR count). The standard InChI is InChI=1S/C24H23NO4/c1-17-8-9-18(2)22(14-17)25-23(26)16-29-24(27)20-10-12-21(13-11-20)28-15-19-6-4-3-5-7-19/h3-14H,15-16H2,1-2H3,(H,25,26). The van der Waals surface area contributed by atoms with Gasteiger partial charge in [0.25, 0.3) is 5.91 Å². The van der Waals surface area contributed by atoms with Crippen LogP contribution in [-0.2, 0) is 16.1 Å². The molecule has 0 fully saturated rings. The summed E-state index contributed by atoms with van der Waals surface area (Å²) in [5, 5.41) is 2.76. The Balaban J connectivity index is 1.48. The number of benzene rings is 3. The molecule has 1 amide bonds. The van der Waals surface area contributed by atoms with Crippen molar-refractivity contribution < 1.29 is 19.1 Å². The van der Waals surface area contributed by atoms with Gasteiger partial charge in [-0.05, 0) is 60.9 Å². The van der Waals surface area contributed by atoms with E-state index in [1.165, 1.54) is 0 Å². The van der Waals surface area contributed by atoms with Crippen LogP contribution in [-0.4, -0.2) is 18.5 Å². The third kappa shape index (κ3) is 5.94. The summed E-state index contributed by atoms with van der Waals surface area (Å²) in [6.07, 6.45) is 0. The third-order valence-electron chi connectivity index (χ3n) is 4.34. The summed E-state index contributed by atoms with van der Waals surface area (Å²) < 4.78 is 10.8. The lowest BCUT2D eigenvalue weighted by Crippen LogP contribution is -2.21. The molecule has 0 unspecified atom stereocenters. The molecule has 3 aromatic carbocycles.